The topological polar surface area (TPSA) is 85.6 Å². The summed E-state index contributed by atoms with van der Waals surface area (Å²) in [6, 6.07) is 9.06. The Morgan fingerprint density at radius 2 is 2.04 bits per heavy atom. The highest BCUT2D eigenvalue weighted by Gasteiger charge is 2.11. The van der Waals surface area contributed by atoms with Crippen LogP contribution in [0.2, 0.25) is 0 Å². The summed E-state index contributed by atoms with van der Waals surface area (Å²) in [4.78, 5) is 18.8. The van der Waals surface area contributed by atoms with Gasteiger partial charge in [0.2, 0.25) is 0 Å². The molecule has 0 radical (unpaired) electrons. The van der Waals surface area contributed by atoms with Gasteiger partial charge in [0.25, 0.3) is 0 Å². The van der Waals surface area contributed by atoms with Crippen molar-refractivity contribution in [2.24, 2.45) is 7.05 Å². The molecule has 0 atom stereocenters. The third kappa shape index (κ3) is 4.01. The summed E-state index contributed by atoms with van der Waals surface area (Å²) in [5, 5.41) is 11.6. The van der Waals surface area contributed by atoms with Gasteiger partial charge < -0.3 is 9.88 Å². The van der Waals surface area contributed by atoms with Crippen LogP contribution in [0.3, 0.4) is 0 Å². The largest absolute Gasteiger partial charge is 0.378 e. The molecule has 0 aliphatic rings. The number of benzene rings is 1. The number of anilines is 1. The van der Waals surface area contributed by atoms with Crippen LogP contribution in [0.4, 0.5) is 5.69 Å². The molecule has 2 aromatic heterocycles. The van der Waals surface area contributed by atoms with Crippen molar-refractivity contribution in [3.05, 3.63) is 54.2 Å². The number of aromatic nitrogens is 5. The second-order valence-corrected chi connectivity index (χ2v) is 4.69. The Morgan fingerprint density at radius 1 is 1.21 bits per heavy atom. The second-order valence-electron chi connectivity index (χ2n) is 4.69. The zero-order valence-corrected chi connectivity index (χ0v) is 14.0. The summed E-state index contributed by atoms with van der Waals surface area (Å²) in [5.41, 5.74) is 2.21. The SMILES string of the molecule is CC.Cn1c(CNc2cccc(C=O)c2)nnc1-c1ccncn1. The lowest BCUT2D eigenvalue weighted by Crippen LogP contribution is -2.07. The number of carbonyl (C=O) groups is 1. The minimum Gasteiger partial charge on any atom is -0.378 e. The van der Waals surface area contributed by atoms with E-state index in [1.54, 1.807) is 24.4 Å². The normalized spacial score (nSPS) is 9.79. The summed E-state index contributed by atoms with van der Waals surface area (Å²) in [5.74, 6) is 1.45. The van der Waals surface area contributed by atoms with Crippen LogP contribution in [0.15, 0.2) is 42.9 Å². The molecule has 0 amide bonds. The predicted molar refractivity (Wildman–Crippen MR) is 92.5 cm³/mol. The van der Waals surface area contributed by atoms with Crippen LogP contribution in [-0.2, 0) is 13.6 Å². The maximum Gasteiger partial charge on any atom is 0.182 e. The Kier molecular flexibility index (Phi) is 6.13. The van der Waals surface area contributed by atoms with Crippen LogP contribution in [0.1, 0.15) is 30.0 Å². The molecular formula is C17H20N6O. The molecule has 0 aliphatic carbocycles. The molecule has 2 heterocycles. The maximum absolute atomic E-state index is 10.8. The van der Waals surface area contributed by atoms with Gasteiger partial charge in [0, 0.05) is 24.5 Å². The van der Waals surface area contributed by atoms with Gasteiger partial charge in [-0.05, 0) is 18.2 Å². The lowest BCUT2D eigenvalue weighted by Gasteiger charge is -2.07. The molecule has 0 spiro atoms. The summed E-state index contributed by atoms with van der Waals surface area (Å²) in [6.45, 7) is 4.50. The fourth-order valence-electron chi connectivity index (χ4n) is 2.06. The van der Waals surface area contributed by atoms with Gasteiger partial charge in [-0.25, -0.2) is 9.97 Å². The Bertz CT molecular complexity index is 785. The maximum atomic E-state index is 10.8. The molecule has 1 N–H and O–H groups in total. The highest BCUT2D eigenvalue weighted by Crippen LogP contribution is 2.15. The standard InChI is InChI=1S/C15H14N6O.C2H6/c1-21-14(8-17-12-4-2-3-11(7-12)9-22)19-20-15(21)13-5-6-16-10-18-13;1-2/h2-7,9-10,17H,8H2,1H3;1-2H3. The van der Waals surface area contributed by atoms with Crippen LogP contribution in [0, 0.1) is 0 Å². The predicted octanol–water partition coefficient (Wildman–Crippen LogP) is 2.72. The molecule has 0 fully saturated rings. The first-order valence-electron chi connectivity index (χ1n) is 7.71. The number of aldehydes is 1. The van der Waals surface area contributed by atoms with E-state index in [1.165, 1.54) is 6.33 Å². The van der Waals surface area contributed by atoms with Crippen LogP contribution in [0.5, 0.6) is 0 Å². The summed E-state index contributed by atoms with van der Waals surface area (Å²) in [6.07, 6.45) is 3.97. The first-order valence-corrected chi connectivity index (χ1v) is 7.71. The van der Waals surface area contributed by atoms with Gasteiger partial charge in [-0.2, -0.15) is 0 Å². The molecular weight excluding hydrogens is 304 g/mol. The third-order valence-electron chi connectivity index (χ3n) is 3.25. The van der Waals surface area contributed by atoms with E-state index in [-0.39, 0.29) is 0 Å². The van der Waals surface area contributed by atoms with Crippen LogP contribution in [-0.4, -0.2) is 31.0 Å². The summed E-state index contributed by atoms with van der Waals surface area (Å²) >= 11 is 0. The minimum absolute atomic E-state index is 0.497. The lowest BCUT2D eigenvalue weighted by molar-refractivity contribution is 0.112. The van der Waals surface area contributed by atoms with E-state index in [0.29, 0.717) is 17.9 Å². The average molecular weight is 324 g/mol. The number of rotatable bonds is 5. The fraction of sp³-hybridized carbons (Fsp3) is 0.235. The van der Waals surface area contributed by atoms with Crippen LogP contribution >= 0.6 is 0 Å². The highest BCUT2D eigenvalue weighted by molar-refractivity contribution is 5.76. The van der Waals surface area contributed by atoms with Crippen molar-refractivity contribution in [2.45, 2.75) is 20.4 Å². The van der Waals surface area contributed by atoms with Crippen molar-refractivity contribution in [3.63, 3.8) is 0 Å². The van der Waals surface area contributed by atoms with Crippen molar-refractivity contribution in [3.8, 4) is 11.5 Å². The zero-order chi connectivity index (χ0) is 17.4. The Morgan fingerprint density at radius 3 is 2.75 bits per heavy atom. The molecule has 0 bridgehead atoms. The second kappa shape index (κ2) is 8.52. The molecule has 3 aromatic rings. The molecule has 7 nitrogen and oxygen atoms in total. The van der Waals surface area contributed by atoms with Crippen molar-refractivity contribution < 1.29 is 4.79 Å². The highest BCUT2D eigenvalue weighted by atomic mass is 16.1. The van der Waals surface area contributed by atoms with Gasteiger partial charge in [0.05, 0.1) is 6.54 Å². The van der Waals surface area contributed by atoms with Crippen molar-refractivity contribution in [1.29, 1.82) is 0 Å². The molecule has 7 heteroatoms. The average Bonchev–Trinajstić information content (AvgIpc) is 3.03. The van der Waals surface area contributed by atoms with E-state index in [1.807, 2.05) is 37.6 Å². The number of hydrogen-bond donors (Lipinski definition) is 1. The van der Waals surface area contributed by atoms with E-state index in [9.17, 15) is 4.79 Å². The molecule has 0 unspecified atom stereocenters. The van der Waals surface area contributed by atoms with Gasteiger partial charge in [-0.15, -0.1) is 10.2 Å². The first kappa shape index (κ1) is 17.3. The number of hydrogen-bond acceptors (Lipinski definition) is 6. The van der Waals surface area contributed by atoms with Gasteiger partial charge >= 0.3 is 0 Å². The number of carbonyl (C=O) groups excluding carboxylic acids is 1. The summed E-state index contributed by atoms with van der Waals surface area (Å²) < 4.78 is 1.87. The van der Waals surface area contributed by atoms with E-state index >= 15 is 0 Å². The zero-order valence-electron chi connectivity index (χ0n) is 14.0. The van der Waals surface area contributed by atoms with E-state index < -0.39 is 0 Å². The lowest BCUT2D eigenvalue weighted by atomic mass is 10.2. The van der Waals surface area contributed by atoms with Crippen LogP contribution in [0.25, 0.3) is 11.5 Å². The number of nitrogens with one attached hydrogen (secondary N) is 1. The monoisotopic (exact) mass is 324 g/mol. The first-order chi connectivity index (χ1) is 11.8. The molecule has 3 rings (SSSR count). The van der Waals surface area contributed by atoms with E-state index in [2.05, 4.69) is 25.5 Å². The van der Waals surface area contributed by atoms with Crippen molar-refractivity contribution in [1.82, 2.24) is 24.7 Å². The smallest absolute Gasteiger partial charge is 0.182 e. The fourth-order valence-corrected chi connectivity index (χ4v) is 2.06. The van der Waals surface area contributed by atoms with E-state index in [0.717, 1.165) is 23.5 Å². The van der Waals surface area contributed by atoms with E-state index in [4.69, 9.17) is 0 Å². The minimum atomic E-state index is 0.497. The molecule has 24 heavy (non-hydrogen) atoms. The molecule has 0 aliphatic heterocycles. The quantitative estimate of drug-likeness (QED) is 0.726. The molecule has 124 valence electrons. The van der Waals surface area contributed by atoms with Gasteiger partial charge in [-0.3, -0.25) is 4.79 Å². The molecule has 1 aromatic carbocycles. The van der Waals surface area contributed by atoms with Crippen LogP contribution < -0.4 is 5.32 Å². The Hall–Kier alpha value is -3.09. The van der Waals surface area contributed by atoms with Crippen molar-refractivity contribution >= 4 is 12.0 Å². The molecule has 0 saturated carbocycles. The Labute approximate surface area is 140 Å². The van der Waals surface area contributed by atoms with Gasteiger partial charge in [0.1, 0.15) is 18.3 Å². The number of nitrogens with zero attached hydrogens (tertiary/aromatic N) is 5. The Balaban J connectivity index is 0.00000100. The van der Waals surface area contributed by atoms with Crippen molar-refractivity contribution in [2.75, 3.05) is 5.32 Å². The van der Waals surface area contributed by atoms with Gasteiger partial charge in [0.15, 0.2) is 11.6 Å². The third-order valence-corrected chi connectivity index (χ3v) is 3.25. The summed E-state index contributed by atoms with van der Waals surface area (Å²) in [7, 11) is 1.89. The molecule has 0 saturated heterocycles. The van der Waals surface area contributed by atoms with Gasteiger partial charge in [-0.1, -0.05) is 26.0 Å².